The molecule has 0 radical (unpaired) electrons. The van der Waals surface area contributed by atoms with Crippen LogP contribution in [0.5, 0.6) is 17.4 Å². The van der Waals surface area contributed by atoms with Gasteiger partial charge in [-0.05, 0) is 47.8 Å². The molecule has 0 spiro atoms. The summed E-state index contributed by atoms with van der Waals surface area (Å²) in [7, 11) is 1.61. The predicted octanol–water partition coefficient (Wildman–Crippen LogP) is 5.25. The van der Waals surface area contributed by atoms with Gasteiger partial charge in [0.05, 0.1) is 24.1 Å². The van der Waals surface area contributed by atoms with Gasteiger partial charge < -0.3 is 14.8 Å². The lowest BCUT2D eigenvalue weighted by Crippen LogP contribution is -2.15. The van der Waals surface area contributed by atoms with Crippen molar-refractivity contribution in [1.82, 2.24) is 9.97 Å². The molecular weight excluding hydrogens is 406 g/mol. The Hall–Kier alpha value is -3.23. The summed E-state index contributed by atoms with van der Waals surface area (Å²) in [5.41, 5.74) is 1.24. The van der Waals surface area contributed by atoms with Gasteiger partial charge in [0.2, 0.25) is 11.8 Å². The van der Waals surface area contributed by atoms with Crippen molar-refractivity contribution in [3.05, 3.63) is 71.2 Å². The second-order valence-corrected chi connectivity index (χ2v) is 7.79. The molecule has 0 bridgehead atoms. The molecule has 0 aliphatic carbocycles. The highest BCUT2D eigenvalue weighted by Gasteiger charge is 2.13. The molecule has 4 aromatic rings. The summed E-state index contributed by atoms with van der Waals surface area (Å²) >= 11 is 3.17. The fourth-order valence-corrected chi connectivity index (χ4v) is 4.22. The van der Waals surface area contributed by atoms with E-state index in [2.05, 4.69) is 15.3 Å². The first-order valence-electron chi connectivity index (χ1n) is 8.76. The molecule has 1 N–H and O–H groups in total. The first-order chi connectivity index (χ1) is 14.2. The zero-order valence-corrected chi connectivity index (χ0v) is 17.1. The fourth-order valence-electron chi connectivity index (χ4n) is 2.58. The van der Waals surface area contributed by atoms with Gasteiger partial charge in [-0.15, -0.1) is 22.7 Å². The van der Waals surface area contributed by atoms with Crippen molar-refractivity contribution >= 4 is 34.3 Å². The molecule has 0 fully saturated rings. The fraction of sp³-hybridized carbons (Fsp3) is 0.0952. The van der Waals surface area contributed by atoms with Crippen molar-refractivity contribution < 1.29 is 14.3 Å². The van der Waals surface area contributed by atoms with Crippen molar-refractivity contribution in [1.29, 1.82) is 0 Å². The van der Waals surface area contributed by atoms with Gasteiger partial charge in [0.15, 0.2) is 0 Å². The molecule has 0 saturated heterocycles. The van der Waals surface area contributed by atoms with E-state index < -0.39 is 0 Å². The number of pyridine rings is 1. The minimum atomic E-state index is -0.180. The number of rotatable bonds is 7. The van der Waals surface area contributed by atoms with Gasteiger partial charge in [0, 0.05) is 11.6 Å². The Morgan fingerprint density at radius 1 is 1.07 bits per heavy atom. The first kappa shape index (κ1) is 19.1. The minimum absolute atomic E-state index is 0.179. The SMILES string of the molecule is COc1ccc(Oc2ncccc2NC(=O)Cc2csc(-c3cccs3)n2)cc1. The van der Waals surface area contributed by atoms with Crippen molar-refractivity contribution in [3.63, 3.8) is 0 Å². The van der Waals surface area contributed by atoms with E-state index in [4.69, 9.17) is 9.47 Å². The summed E-state index contributed by atoms with van der Waals surface area (Å²) in [6.45, 7) is 0. The van der Waals surface area contributed by atoms with E-state index in [9.17, 15) is 4.79 Å². The van der Waals surface area contributed by atoms with Gasteiger partial charge in [0.1, 0.15) is 22.2 Å². The van der Waals surface area contributed by atoms with E-state index >= 15 is 0 Å². The highest BCUT2D eigenvalue weighted by molar-refractivity contribution is 7.20. The monoisotopic (exact) mass is 423 g/mol. The zero-order chi connectivity index (χ0) is 20.1. The van der Waals surface area contributed by atoms with Gasteiger partial charge in [-0.3, -0.25) is 4.79 Å². The maximum atomic E-state index is 12.5. The predicted molar refractivity (Wildman–Crippen MR) is 115 cm³/mol. The van der Waals surface area contributed by atoms with Crippen molar-refractivity contribution in [3.8, 4) is 27.3 Å². The van der Waals surface area contributed by atoms with Gasteiger partial charge >= 0.3 is 0 Å². The summed E-state index contributed by atoms with van der Waals surface area (Å²) in [4.78, 5) is 22.4. The first-order valence-corrected chi connectivity index (χ1v) is 10.5. The van der Waals surface area contributed by atoms with Gasteiger partial charge in [-0.2, -0.15) is 0 Å². The van der Waals surface area contributed by atoms with Crippen LogP contribution in [0.2, 0.25) is 0 Å². The van der Waals surface area contributed by atoms with Gasteiger partial charge in [-0.1, -0.05) is 6.07 Å². The molecule has 1 amide bonds. The van der Waals surface area contributed by atoms with Crippen LogP contribution in [0.15, 0.2) is 65.5 Å². The number of nitrogens with one attached hydrogen (secondary N) is 1. The number of ether oxygens (including phenoxy) is 2. The van der Waals surface area contributed by atoms with E-state index in [1.165, 1.54) is 11.3 Å². The number of hydrogen-bond acceptors (Lipinski definition) is 7. The third kappa shape index (κ3) is 4.79. The van der Waals surface area contributed by atoms with Crippen LogP contribution in [0, 0.1) is 0 Å². The summed E-state index contributed by atoms with van der Waals surface area (Å²) < 4.78 is 11.0. The molecule has 4 rings (SSSR count). The van der Waals surface area contributed by atoms with E-state index in [0.29, 0.717) is 17.3 Å². The summed E-state index contributed by atoms with van der Waals surface area (Å²) in [5.74, 6) is 1.47. The average molecular weight is 424 g/mol. The molecule has 3 aromatic heterocycles. The number of nitrogens with zero attached hydrogens (tertiary/aromatic N) is 2. The number of aromatic nitrogens is 2. The smallest absolute Gasteiger partial charge is 0.243 e. The topological polar surface area (TPSA) is 73.3 Å². The maximum absolute atomic E-state index is 12.5. The van der Waals surface area contributed by atoms with Crippen LogP contribution >= 0.6 is 22.7 Å². The molecule has 0 atom stereocenters. The number of carbonyl (C=O) groups excluding carboxylic acids is 1. The molecular formula is C21H17N3O3S2. The Bertz CT molecular complexity index is 1090. The van der Waals surface area contributed by atoms with E-state index in [-0.39, 0.29) is 12.3 Å². The molecule has 29 heavy (non-hydrogen) atoms. The minimum Gasteiger partial charge on any atom is -0.497 e. The summed E-state index contributed by atoms with van der Waals surface area (Å²) in [6, 6.07) is 14.7. The Balaban J connectivity index is 1.43. The van der Waals surface area contributed by atoms with Crippen LogP contribution in [0.1, 0.15) is 5.69 Å². The largest absolute Gasteiger partial charge is 0.497 e. The third-order valence-electron chi connectivity index (χ3n) is 3.94. The Labute approximate surface area is 175 Å². The second kappa shape index (κ2) is 8.85. The Morgan fingerprint density at radius 3 is 2.66 bits per heavy atom. The Kier molecular flexibility index (Phi) is 5.83. The highest BCUT2D eigenvalue weighted by atomic mass is 32.1. The second-order valence-electron chi connectivity index (χ2n) is 5.98. The molecule has 0 saturated carbocycles. The number of thiophene rings is 1. The lowest BCUT2D eigenvalue weighted by Gasteiger charge is -2.11. The lowest BCUT2D eigenvalue weighted by molar-refractivity contribution is -0.115. The zero-order valence-electron chi connectivity index (χ0n) is 15.5. The van der Waals surface area contributed by atoms with Crippen LogP contribution in [0.4, 0.5) is 5.69 Å². The Morgan fingerprint density at radius 2 is 1.90 bits per heavy atom. The average Bonchev–Trinajstić information content (AvgIpc) is 3.42. The van der Waals surface area contributed by atoms with Crippen LogP contribution in [-0.2, 0) is 11.2 Å². The molecule has 0 aliphatic rings. The highest BCUT2D eigenvalue weighted by Crippen LogP contribution is 2.29. The lowest BCUT2D eigenvalue weighted by atomic mass is 10.3. The molecule has 8 heteroatoms. The van der Waals surface area contributed by atoms with Crippen LogP contribution < -0.4 is 14.8 Å². The molecule has 0 unspecified atom stereocenters. The van der Waals surface area contributed by atoms with Crippen LogP contribution in [0.25, 0.3) is 9.88 Å². The van der Waals surface area contributed by atoms with Crippen molar-refractivity contribution in [2.45, 2.75) is 6.42 Å². The quantitative estimate of drug-likeness (QED) is 0.440. The third-order valence-corrected chi connectivity index (χ3v) is 5.87. The number of amides is 1. The number of anilines is 1. The number of thiazole rings is 1. The maximum Gasteiger partial charge on any atom is 0.243 e. The molecule has 6 nitrogen and oxygen atoms in total. The van der Waals surface area contributed by atoms with Gasteiger partial charge in [-0.25, -0.2) is 9.97 Å². The summed E-state index contributed by atoms with van der Waals surface area (Å²) in [5, 5.41) is 7.70. The van der Waals surface area contributed by atoms with E-state index in [1.807, 2.05) is 22.9 Å². The number of benzene rings is 1. The number of carbonyl (C=O) groups is 1. The van der Waals surface area contributed by atoms with Gasteiger partial charge in [0.25, 0.3) is 0 Å². The van der Waals surface area contributed by atoms with E-state index in [1.54, 1.807) is 61.0 Å². The van der Waals surface area contributed by atoms with Crippen molar-refractivity contribution in [2.24, 2.45) is 0 Å². The van der Waals surface area contributed by atoms with Crippen molar-refractivity contribution in [2.75, 3.05) is 12.4 Å². The summed E-state index contributed by atoms with van der Waals surface area (Å²) in [6.07, 6.45) is 1.79. The molecule has 3 heterocycles. The molecule has 1 aromatic carbocycles. The molecule has 146 valence electrons. The number of methoxy groups -OCH3 is 1. The normalized spacial score (nSPS) is 10.5. The van der Waals surface area contributed by atoms with Crippen LogP contribution in [-0.4, -0.2) is 23.0 Å². The standard InChI is InChI=1S/C21H17N3O3S2/c1-26-15-6-8-16(9-7-15)27-20-17(4-2-10-22-20)24-19(25)12-14-13-29-21(23-14)18-5-3-11-28-18/h2-11,13H,12H2,1H3,(H,24,25). The molecule has 0 aliphatic heterocycles. The van der Waals surface area contributed by atoms with E-state index in [0.717, 1.165) is 21.3 Å². The van der Waals surface area contributed by atoms with Crippen LogP contribution in [0.3, 0.4) is 0 Å². The number of hydrogen-bond donors (Lipinski definition) is 1.